The number of fused-ring (bicyclic) bond motifs is 5. The maximum Gasteiger partial charge on any atom is 0.139 e. The molecule has 1 heteroatoms. The third-order valence-corrected chi connectivity index (χ3v) is 8.29. The molecule has 0 spiro atoms. The monoisotopic (exact) mass is 274 g/mol. The number of hydrogen-bond donors (Lipinski definition) is 0. The molecule has 4 fully saturated rings. The lowest BCUT2D eigenvalue weighted by molar-refractivity contribution is -0.138. The van der Waals surface area contributed by atoms with Crippen LogP contribution in [-0.2, 0) is 4.79 Å². The number of hydrogen-bond acceptors (Lipinski definition) is 1. The smallest absolute Gasteiger partial charge is 0.139 e. The highest BCUT2D eigenvalue weighted by atomic mass is 16.1. The van der Waals surface area contributed by atoms with Crippen molar-refractivity contribution in [1.82, 2.24) is 0 Å². The quantitative estimate of drug-likeness (QED) is 0.608. The molecule has 0 heterocycles. The summed E-state index contributed by atoms with van der Waals surface area (Å²) in [5.41, 5.74) is 0.688. The van der Waals surface area contributed by atoms with E-state index in [2.05, 4.69) is 13.8 Å². The molecule has 4 aliphatic rings. The lowest BCUT2D eigenvalue weighted by Crippen LogP contribution is -2.52. The molecule has 0 amide bonds. The highest BCUT2D eigenvalue weighted by Gasteiger charge is 2.59. The predicted molar refractivity (Wildman–Crippen MR) is 81.4 cm³/mol. The largest absolute Gasteiger partial charge is 0.299 e. The zero-order valence-electron chi connectivity index (χ0n) is 13.3. The summed E-state index contributed by atoms with van der Waals surface area (Å²) in [5, 5.41) is 0. The molecule has 4 rings (SSSR count). The Bertz CT molecular complexity index is 427. The maximum absolute atomic E-state index is 12.4. The van der Waals surface area contributed by atoms with E-state index in [1.807, 2.05) is 0 Å². The van der Waals surface area contributed by atoms with E-state index in [9.17, 15) is 4.79 Å². The van der Waals surface area contributed by atoms with Gasteiger partial charge in [-0.3, -0.25) is 4.79 Å². The first-order chi connectivity index (χ1) is 9.56. The number of rotatable bonds is 0. The van der Waals surface area contributed by atoms with Gasteiger partial charge in [0, 0.05) is 11.8 Å². The van der Waals surface area contributed by atoms with Crippen molar-refractivity contribution >= 4 is 5.78 Å². The van der Waals surface area contributed by atoms with Crippen molar-refractivity contribution in [3.8, 4) is 0 Å². The molecule has 112 valence electrons. The van der Waals surface area contributed by atoms with Crippen molar-refractivity contribution in [2.75, 3.05) is 0 Å². The van der Waals surface area contributed by atoms with Gasteiger partial charge < -0.3 is 0 Å². The Labute approximate surface area is 123 Å². The first kappa shape index (κ1) is 13.3. The fourth-order valence-corrected chi connectivity index (χ4v) is 7.07. The minimum atomic E-state index is 0.0685. The normalized spacial score (nSPS) is 55.0. The first-order valence-corrected chi connectivity index (χ1v) is 9.09. The average molecular weight is 274 g/mol. The first-order valence-electron chi connectivity index (χ1n) is 9.09. The van der Waals surface area contributed by atoms with E-state index in [0.717, 1.165) is 30.1 Å². The second-order valence-electron chi connectivity index (χ2n) is 8.82. The summed E-state index contributed by atoms with van der Waals surface area (Å²) in [6.45, 7) is 4.92. The van der Waals surface area contributed by atoms with Gasteiger partial charge in [0.25, 0.3) is 0 Å². The van der Waals surface area contributed by atoms with Crippen LogP contribution in [0.2, 0.25) is 0 Å². The minimum absolute atomic E-state index is 0.0685. The third kappa shape index (κ3) is 1.58. The summed E-state index contributed by atoms with van der Waals surface area (Å²) in [6.07, 6.45) is 13.4. The standard InChI is InChI=1S/C19H30O/c1-18-11-4-3-5-13(18)6-7-14-15-8-9-17(20)19(15,2)12-10-16(14)18/h13-16H,3-12H2,1-2H3/t13-,14-,15+,16-,18-,19+/m0/s1. The van der Waals surface area contributed by atoms with Crippen LogP contribution in [-0.4, -0.2) is 5.78 Å². The molecule has 0 saturated heterocycles. The highest BCUT2D eigenvalue weighted by Crippen LogP contribution is 2.65. The number of ketones is 1. The van der Waals surface area contributed by atoms with Crippen LogP contribution >= 0.6 is 0 Å². The molecule has 0 aromatic rings. The summed E-state index contributed by atoms with van der Waals surface area (Å²) in [4.78, 5) is 12.4. The molecule has 6 atom stereocenters. The average Bonchev–Trinajstić information content (AvgIpc) is 2.74. The van der Waals surface area contributed by atoms with E-state index in [1.165, 1.54) is 57.8 Å². The SMILES string of the molecule is C[C@]12CCCC[C@H]1CC[C@H]1[C@H]3CCC(=O)[C@]3(C)CC[C@@H]12. The third-order valence-electron chi connectivity index (χ3n) is 8.29. The molecular weight excluding hydrogens is 244 g/mol. The van der Waals surface area contributed by atoms with Crippen LogP contribution in [0.5, 0.6) is 0 Å². The van der Waals surface area contributed by atoms with Gasteiger partial charge in [0.2, 0.25) is 0 Å². The highest BCUT2D eigenvalue weighted by molar-refractivity contribution is 5.87. The second kappa shape index (κ2) is 4.34. The van der Waals surface area contributed by atoms with Crippen LogP contribution in [0, 0.1) is 34.5 Å². The predicted octanol–water partition coefficient (Wildman–Crippen LogP) is 4.99. The van der Waals surface area contributed by atoms with E-state index in [0.29, 0.717) is 11.2 Å². The van der Waals surface area contributed by atoms with Gasteiger partial charge in [-0.1, -0.05) is 26.7 Å². The molecule has 0 aliphatic heterocycles. The van der Waals surface area contributed by atoms with Crippen LogP contribution in [0.4, 0.5) is 0 Å². The van der Waals surface area contributed by atoms with Gasteiger partial charge in [-0.25, -0.2) is 0 Å². The van der Waals surface area contributed by atoms with Crippen LogP contribution < -0.4 is 0 Å². The summed E-state index contributed by atoms with van der Waals surface area (Å²) >= 11 is 0. The van der Waals surface area contributed by atoms with Crippen molar-refractivity contribution in [2.24, 2.45) is 34.5 Å². The Morgan fingerprint density at radius 2 is 1.75 bits per heavy atom. The van der Waals surface area contributed by atoms with E-state index >= 15 is 0 Å². The Balaban J connectivity index is 1.66. The van der Waals surface area contributed by atoms with Crippen LogP contribution in [0.15, 0.2) is 0 Å². The summed E-state index contributed by atoms with van der Waals surface area (Å²) in [6, 6.07) is 0. The maximum atomic E-state index is 12.4. The molecule has 0 aromatic carbocycles. The molecule has 0 unspecified atom stereocenters. The molecular formula is C19H30O. The van der Waals surface area contributed by atoms with E-state index in [4.69, 9.17) is 0 Å². The molecule has 0 N–H and O–H groups in total. The summed E-state index contributed by atoms with van der Waals surface area (Å²) in [7, 11) is 0. The Morgan fingerprint density at radius 3 is 2.60 bits per heavy atom. The topological polar surface area (TPSA) is 17.1 Å². The fraction of sp³-hybridized carbons (Fsp3) is 0.947. The molecule has 4 aliphatic carbocycles. The Hall–Kier alpha value is -0.330. The summed E-state index contributed by atoms with van der Waals surface area (Å²) < 4.78 is 0. The van der Waals surface area contributed by atoms with Crippen molar-refractivity contribution in [3.05, 3.63) is 0 Å². The van der Waals surface area contributed by atoms with Crippen LogP contribution in [0.3, 0.4) is 0 Å². The number of carbonyl (C=O) groups is 1. The van der Waals surface area contributed by atoms with Crippen molar-refractivity contribution < 1.29 is 4.79 Å². The Kier molecular flexibility index (Phi) is 2.89. The summed E-state index contributed by atoms with van der Waals surface area (Å²) in [5.74, 6) is 4.13. The van der Waals surface area contributed by atoms with Crippen molar-refractivity contribution in [3.63, 3.8) is 0 Å². The van der Waals surface area contributed by atoms with Gasteiger partial charge in [0.15, 0.2) is 0 Å². The van der Waals surface area contributed by atoms with Crippen molar-refractivity contribution in [1.29, 1.82) is 0 Å². The molecule has 20 heavy (non-hydrogen) atoms. The van der Waals surface area contributed by atoms with Gasteiger partial charge in [-0.15, -0.1) is 0 Å². The van der Waals surface area contributed by atoms with Crippen LogP contribution in [0.25, 0.3) is 0 Å². The minimum Gasteiger partial charge on any atom is -0.299 e. The van der Waals surface area contributed by atoms with E-state index in [1.54, 1.807) is 0 Å². The molecule has 0 radical (unpaired) electrons. The second-order valence-corrected chi connectivity index (χ2v) is 8.82. The number of carbonyl (C=O) groups excluding carboxylic acids is 1. The van der Waals surface area contributed by atoms with Gasteiger partial charge in [-0.2, -0.15) is 0 Å². The molecule has 1 nitrogen and oxygen atoms in total. The van der Waals surface area contributed by atoms with E-state index < -0.39 is 0 Å². The van der Waals surface area contributed by atoms with Crippen molar-refractivity contribution in [2.45, 2.75) is 78.1 Å². The molecule has 0 aromatic heterocycles. The van der Waals surface area contributed by atoms with Gasteiger partial charge in [0.05, 0.1) is 0 Å². The Morgan fingerprint density at radius 1 is 0.900 bits per heavy atom. The number of Topliss-reactive ketones (excluding diaryl/α,β-unsaturated/α-hetero) is 1. The lowest BCUT2D eigenvalue weighted by Gasteiger charge is -2.59. The lowest BCUT2D eigenvalue weighted by atomic mass is 9.45. The molecule has 4 saturated carbocycles. The molecule has 0 bridgehead atoms. The zero-order chi connectivity index (χ0) is 14.0. The zero-order valence-corrected chi connectivity index (χ0v) is 13.3. The van der Waals surface area contributed by atoms with Crippen LogP contribution in [0.1, 0.15) is 78.1 Å². The van der Waals surface area contributed by atoms with Gasteiger partial charge >= 0.3 is 0 Å². The van der Waals surface area contributed by atoms with E-state index in [-0.39, 0.29) is 5.41 Å². The fourth-order valence-electron chi connectivity index (χ4n) is 7.07. The van der Waals surface area contributed by atoms with Gasteiger partial charge in [0.1, 0.15) is 5.78 Å². The van der Waals surface area contributed by atoms with Gasteiger partial charge in [-0.05, 0) is 74.0 Å².